The number of Topliss-reactive ketones (excluding diaryl/α,β-unsaturated/α-hetero) is 1. The molecule has 188 valence electrons. The zero-order valence-corrected chi connectivity index (χ0v) is 24.9. The second-order valence-electron chi connectivity index (χ2n) is 7.79. The molecule has 1 aliphatic heterocycles. The van der Waals surface area contributed by atoms with Crippen LogP contribution in [0.25, 0.3) is 0 Å². The largest absolute Gasteiger partial charge is 0.292 e. The summed E-state index contributed by atoms with van der Waals surface area (Å²) in [6.07, 6.45) is 0. The Morgan fingerprint density at radius 3 is 1.76 bits per heavy atom. The minimum Gasteiger partial charge on any atom is -0.292 e. The molecule has 13 heteroatoms. The van der Waals surface area contributed by atoms with Crippen molar-refractivity contribution in [3.8, 4) is 0 Å². The Morgan fingerprint density at radius 1 is 0.811 bits per heavy atom. The smallest absolute Gasteiger partial charge is 0.282 e. The average molecular weight is 759 g/mol. The Hall–Kier alpha value is -2.74. The maximum Gasteiger partial charge on any atom is 0.282 e. The third-order valence-corrected chi connectivity index (χ3v) is 10.4. The number of nitro benzene ring substituents is 1. The van der Waals surface area contributed by atoms with Crippen molar-refractivity contribution in [2.45, 2.75) is 13.0 Å². The van der Waals surface area contributed by atoms with E-state index in [2.05, 4.69) is 63.7 Å². The SMILES string of the molecule is C[C@H](C(=O)c1ccccc1)N(C(=O)c1ccc([N+](=O)[O-])cc1)N1C(=O)c2c(Br)c(Br)c(Br)c(Br)c2C1=O. The molecule has 0 aliphatic carbocycles. The quantitative estimate of drug-likeness (QED) is 0.0702. The molecule has 0 unspecified atom stereocenters. The molecule has 0 bridgehead atoms. The summed E-state index contributed by atoms with van der Waals surface area (Å²) in [5, 5.41) is 12.5. The molecule has 1 aliphatic rings. The van der Waals surface area contributed by atoms with Crippen molar-refractivity contribution in [2.24, 2.45) is 0 Å². The highest BCUT2D eigenvalue weighted by Gasteiger charge is 2.48. The lowest BCUT2D eigenvalue weighted by Gasteiger charge is -2.34. The number of ketones is 1. The molecular weight excluding hydrogens is 746 g/mol. The summed E-state index contributed by atoms with van der Waals surface area (Å²) in [5.41, 5.74) is -0.0586. The minimum atomic E-state index is -1.29. The molecule has 3 amide bonds. The lowest BCUT2D eigenvalue weighted by atomic mass is 10.0. The summed E-state index contributed by atoms with van der Waals surface area (Å²) >= 11 is 13.4. The number of amides is 3. The summed E-state index contributed by atoms with van der Waals surface area (Å²) in [7, 11) is 0. The number of rotatable bonds is 6. The minimum absolute atomic E-state index is 0.00666. The fraction of sp³-hybridized carbons (Fsp3) is 0.0833. The molecule has 1 atom stereocenters. The molecule has 9 nitrogen and oxygen atoms in total. The van der Waals surface area contributed by atoms with Gasteiger partial charge in [0.1, 0.15) is 6.04 Å². The number of carbonyl (C=O) groups excluding carboxylic acids is 4. The van der Waals surface area contributed by atoms with E-state index in [0.717, 1.165) is 17.1 Å². The Morgan fingerprint density at radius 2 is 1.30 bits per heavy atom. The van der Waals surface area contributed by atoms with Crippen LogP contribution in [0.5, 0.6) is 0 Å². The van der Waals surface area contributed by atoms with Gasteiger partial charge in [0, 0.05) is 41.2 Å². The van der Waals surface area contributed by atoms with Gasteiger partial charge >= 0.3 is 0 Å². The highest BCUT2D eigenvalue weighted by molar-refractivity contribution is 9.15. The van der Waals surface area contributed by atoms with Crippen LogP contribution in [0.2, 0.25) is 0 Å². The first-order chi connectivity index (χ1) is 17.5. The third kappa shape index (κ3) is 4.69. The number of hydrazine groups is 1. The molecule has 0 N–H and O–H groups in total. The highest BCUT2D eigenvalue weighted by Crippen LogP contribution is 2.45. The number of nitro groups is 1. The second kappa shape index (κ2) is 10.6. The number of imide groups is 1. The third-order valence-electron chi connectivity index (χ3n) is 5.63. The summed E-state index contributed by atoms with van der Waals surface area (Å²) in [5.74, 6) is -3.05. The van der Waals surface area contributed by atoms with Gasteiger partial charge in [0.05, 0.1) is 16.1 Å². The van der Waals surface area contributed by atoms with Gasteiger partial charge in [-0.1, -0.05) is 30.3 Å². The first-order valence-electron chi connectivity index (χ1n) is 10.4. The maximum atomic E-state index is 13.8. The standard InChI is InChI=1S/C24H13Br4N3O6/c1-11(21(32)12-5-3-2-4-6-12)29(22(33)13-7-9-14(10-8-13)31(36)37)30-23(34)15-16(24(30)35)18(26)20(28)19(27)17(15)25/h2-11H,1H3/t11-/m1/s1. The monoisotopic (exact) mass is 755 g/mol. The number of hydrogen-bond donors (Lipinski definition) is 0. The van der Waals surface area contributed by atoms with E-state index in [1.807, 2.05) is 0 Å². The number of hydrogen-bond acceptors (Lipinski definition) is 6. The van der Waals surface area contributed by atoms with Crippen molar-refractivity contribution in [3.63, 3.8) is 0 Å². The van der Waals surface area contributed by atoms with E-state index in [9.17, 15) is 29.3 Å². The number of benzene rings is 3. The Kier molecular flexibility index (Phi) is 7.79. The fourth-order valence-electron chi connectivity index (χ4n) is 3.79. The van der Waals surface area contributed by atoms with E-state index in [0.29, 0.717) is 14.0 Å². The van der Waals surface area contributed by atoms with Gasteiger partial charge in [0.15, 0.2) is 5.78 Å². The summed E-state index contributed by atoms with van der Waals surface area (Å²) < 4.78 is 1.48. The predicted molar refractivity (Wildman–Crippen MR) is 147 cm³/mol. The van der Waals surface area contributed by atoms with E-state index in [1.165, 1.54) is 19.1 Å². The predicted octanol–water partition coefficient (Wildman–Crippen LogP) is 6.57. The van der Waals surface area contributed by atoms with Gasteiger partial charge in [-0.05, 0) is 82.8 Å². The molecule has 37 heavy (non-hydrogen) atoms. The topological polar surface area (TPSA) is 118 Å². The van der Waals surface area contributed by atoms with Gasteiger partial charge in [0.25, 0.3) is 23.4 Å². The average Bonchev–Trinajstić information content (AvgIpc) is 3.16. The number of fused-ring (bicyclic) bond motifs is 1. The van der Waals surface area contributed by atoms with Gasteiger partial charge < -0.3 is 0 Å². The lowest BCUT2D eigenvalue weighted by Crippen LogP contribution is -2.56. The van der Waals surface area contributed by atoms with Crippen LogP contribution in [0.4, 0.5) is 5.69 Å². The molecule has 0 spiro atoms. The van der Waals surface area contributed by atoms with Crippen LogP contribution in [0.3, 0.4) is 0 Å². The molecule has 3 aromatic rings. The summed E-state index contributed by atoms with van der Waals surface area (Å²) in [6.45, 7) is 1.40. The normalized spacial score (nSPS) is 13.4. The lowest BCUT2D eigenvalue weighted by molar-refractivity contribution is -0.384. The highest BCUT2D eigenvalue weighted by atomic mass is 79.9. The van der Waals surface area contributed by atoms with Gasteiger partial charge in [0.2, 0.25) is 0 Å². The van der Waals surface area contributed by atoms with E-state index < -0.39 is 34.5 Å². The Balaban J connectivity index is 1.86. The van der Waals surface area contributed by atoms with Crippen LogP contribution >= 0.6 is 63.7 Å². The van der Waals surface area contributed by atoms with Crippen LogP contribution in [0.1, 0.15) is 48.4 Å². The zero-order chi connectivity index (χ0) is 27.2. The molecule has 0 radical (unpaired) electrons. The van der Waals surface area contributed by atoms with Crippen molar-refractivity contribution in [3.05, 3.63) is 105 Å². The van der Waals surface area contributed by atoms with E-state index in [-0.39, 0.29) is 36.9 Å². The summed E-state index contributed by atoms with van der Waals surface area (Å²) in [4.78, 5) is 64.9. The molecule has 3 aromatic carbocycles. The van der Waals surface area contributed by atoms with Gasteiger partial charge in [-0.15, -0.1) is 0 Å². The molecular formula is C24H13Br4N3O6. The maximum absolute atomic E-state index is 13.8. The van der Waals surface area contributed by atoms with E-state index in [4.69, 9.17) is 0 Å². The van der Waals surface area contributed by atoms with Crippen LogP contribution in [-0.2, 0) is 0 Å². The van der Waals surface area contributed by atoms with Crippen molar-refractivity contribution >= 4 is 92.9 Å². The van der Waals surface area contributed by atoms with Crippen LogP contribution in [-0.4, -0.2) is 44.5 Å². The number of nitrogens with zero attached hydrogens (tertiary/aromatic N) is 3. The molecule has 1 heterocycles. The zero-order valence-electron chi connectivity index (χ0n) is 18.6. The molecule has 0 saturated carbocycles. The molecule has 0 fully saturated rings. The number of non-ortho nitro benzene ring substituents is 1. The van der Waals surface area contributed by atoms with Crippen molar-refractivity contribution < 1.29 is 24.1 Å². The van der Waals surface area contributed by atoms with E-state index in [1.54, 1.807) is 30.3 Å². The fourth-order valence-corrected chi connectivity index (χ4v) is 6.24. The van der Waals surface area contributed by atoms with Crippen molar-refractivity contribution in [1.82, 2.24) is 10.0 Å². The van der Waals surface area contributed by atoms with Gasteiger partial charge in [-0.25, -0.2) is 5.01 Å². The van der Waals surface area contributed by atoms with Crippen LogP contribution < -0.4 is 0 Å². The number of halogens is 4. The number of carbonyl (C=O) groups is 4. The Labute approximate surface area is 243 Å². The van der Waals surface area contributed by atoms with E-state index >= 15 is 0 Å². The first kappa shape index (κ1) is 27.3. The van der Waals surface area contributed by atoms with Gasteiger partial charge in [-0.3, -0.25) is 29.3 Å². The summed E-state index contributed by atoms with van der Waals surface area (Å²) in [6, 6.07) is 11.5. The molecule has 4 rings (SSSR count). The van der Waals surface area contributed by atoms with Crippen LogP contribution in [0.15, 0.2) is 72.5 Å². The van der Waals surface area contributed by atoms with Crippen molar-refractivity contribution in [1.29, 1.82) is 0 Å². The van der Waals surface area contributed by atoms with Crippen LogP contribution in [0, 0.1) is 10.1 Å². The molecule has 0 saturated heterocycles. The molecule has 0 aromatic heterocycles. The van der Waals surface area contributed by atoms with Gasteiger partial charge in [-0.2, -0.15) is 5.01 Å². The first-order valence-corrected chi connectivity index (χ1v) is 13.6. The Bertz CT molecular complexity index is 1450. The second-order valence-corrected chi connectivity index (χ2v) is 11.0. The van der Waals surface area contributed by atoms with Crippen molar-refractivity contribution in [2.75, 3.05) is 0 Å².